The van der Waals surface area contributed by atoms with Crippen LogP contribution in [0.3, 0.4) is 0 Å². The molecule has 0 bridgehead atoms. The molecule has 3 rings (SSSR count). The molecule has 8 heteroatoms. The minimum atomic E-state index is -2.97. The topological polar surface area (TPSA) is 76.1 Å². The first-order valence-corrected chi connectivity index (χ1v) is 11.3. The van der Waals surface area contributed by atoms with Gasteiger partial charge in [-0.05, 0) is 13.3 Å². The molecular formula is C16H18N2O3S3. The average molecular weight is 383 g/mol. The van der Waals surface area contributed by atoms with Crippen molar-refractivity contribution in [1.82, 2.24) is 10.3 Å². The Morgan fingerprint density at radius 2 is 2.12 bits per heavy atom. The molecule has 5 nitrogen and oxygen atoms in total. The Morgan fingerprint density at radius 1 is 1.38 bits per heavy atom. The average Bonchev–Trinajstić information content (AvgIpc) is 3.12. The lowest BCUT2D eigenvalue weighted by Crippen LogP contribution is -2.36. The first-order chi connectivity index (χ1) is 11.4. The van der Waals surface area contributed by atoms with E-state index in [1.54, 1.807) is 0 Å². The molecule has 1 aliphatic heterocycles. The van der Waals surface area contributed by atoms with Crippen LogP contribution in [0.5, 0.6) is 0 Å². The number of nitrogens with zero attached hydrogens (tertiary/aromatic N) is 1. The third-order valence-corrected chi connectivity index (χ3v) is 7.54. The Bertz CT molecular complexity index is 829. The van der Waals surface area contributed by atoms with E-state index in [0.29, 0.717) is 6.42 Å². The molecule has 1 unspecified atom stereocenters. The number of amides is 1. The van der Waals surface area contributed by atoms with Crippen LogP contribution in [-0.2, 0) is 14.6 Å². The molecule has 1 atom stereocenters. The molecule has 1 fully saturated rings. The first-order valence-electron chi connectivity index (χ1n) is 7.56. The SMILES string of the molecule is Cc1ccc(-c2csc(SCC(=O)NC3CCS(=O)(=O)C3)n2)cc1. The number of nitrogens with one attached hydrogen (secondary N) is 1. The fraction of sp³-hybridized carbons (Fsp3) is 0.375. The van der Waals surface area contributed by atoms with Gasteiger partial charge in [0.15, 0.2) is 14.2 Å². The van der Waals surface area contributed by atoms with Crippen LogP contribution in [-0.4, -0.2) is 42.6 Å². The molecule has 2 heterocycles. The molecule has 1 aromatic carbocycles. The van der Waals surface area contributed by atoms with Gasteiger partial charge in [0.1, 0.15) is 0 Å². The zero-order chi connectivity index (χ0) is 17.2. The number of sulfone groups is 1. The Kier molecular flexibility index (Phi) is 5.27. The molecule has 2 aromatic rings. The van der Waals surface area contributed by atoms with Crippen molar-refractivity contribution in [1.29, 1.82) is 0 Å². The van der Waals surface area contributed by atoms with Crippen molar-refractivity contribution in [3.8, 4) is 11.3 Å². The molecular weight excluding hydrogens is 364 g/mol. The largest absolute Gasteiger partial charge is 0.352 e. The van der Waals surface area contributed by atoms with E-state index in [0.717, 1.165) is 15.6 Å². The van der Waals surface area contributed by atoms with Gasteiger partial charge >= 0.3 is 0 Å². The second-order valence-electron chi connectivity index (χ2n) is 5.82. The van der Waals surface area contributed by atoms with E-state index >= 15 is 0 Å². The van der Waals surface area contributed by atoms with E-state index in [4.69, 9.17) is 0 Å². The first kappa shape index (κ1) is 17.4. The maximum Gasteiger partial charge on any atom is 0.230 e. The van der Waals surface area contributed by atoms with Gasteiger partial charge in [-0.3, -0.25) is 4.79 Å². The molecule has 0 aliphatic carbocycles. The Hall–Kier alpha value is -1.38. The highest BCUT2D eigenvalue weighted by Gasteiger charge is 2.28. The summed E-state index contributed by atoms with van der Waals surface area (Å²) in [6.45, 7) is 2.04. The van der Waals surface area contributed by atoms with Crippen LogP contribution in [0.4, 0.5) is 0 Å². The number of rotatable bonds is 5. The predicted octanol–water partition coefficient (Wildman–Crippen LogP) is 2.51. The number of thioether (sulfide) groups is 1. The molecule has 128 valence electrons. The van der Waals surface area contributed by atoms with Crippen LogP contribution in [0.25, 0.3) is 11.3 Å². The predicted molar refractivity (Wildman–Crippen MR) is 98.2 cm³/mol. The van der Waals surface area contributed by atoms with E-state index < -0.39 is 9.84 Å². The molecule has 24 heavy (non-hydrogen) atoms. The van der Waals surface area contributed by atoms with E-state index in [1.807, 2.05) is 36.6 Å². The van der Waals surface area contributed by atoms with Crippen LogP contribution in [0.2, 0.25) is 0 Å². The van der Waals surface area contributed by atoms with Gasteiger partial charge in [0.05, 0.1) is 23.0 Å². The minimum Gasteiger partial charge on any atom is -0.352 e. The fourth-order valence-corrected chi connectivity index (χ4v) is 5.81. The lowest BCUT2D eigenvalue weighted by atomic mass is 10.1. The molecule has 0 radical (unpaired) electrons. The van der Waals surface area contributed by atoms with Crippen molar-refractivity contribution < 1.29 is 13.2 Å². The van der Waals surface area contributed by atoms with E-state index in [-0.39, 0.29) is 29.2 Å². The molecule has 1 aromatic heterocycles. The van der Waals surface area contributed by atoms with Gasteiger partial charge < -0.3 is 5.32 Å². The highest BCUT2D eigenvalue weighted by atomic mass is 32.2. The summed E-state index contributed by atoms with van der Waals surface area (Å²) in [4.78, 5) is 16.5. The molecule has 1 aliphatic rings. The third kappa shape index (κ3) is 4.58. The highest BCUT2D eigenvalue weighted by molar-refractivity contribution is 8.01. The van der Waals surface area contributed by atoms with Crippen molar-refractivity contribution in [2.45, 2.75) is 23.7 Å². The summed E-state index contributed by atoms with van der Waals surface area (Å²) in [5, 5.41) is 4.77. The van der Waals surface area contributed by atoms with Crippen LogP contribution in [0.15, 0.2) is 34.0 Å². The van der Waals surface area contributed by atoms with Gasteiger partial charge in [-0.1, -0.05) is 41.6 Å². The van der Waals surface area contributed by atoms with Crippen LogP contribution < -0.4 is 5.32 Å². The lowest BCUT2D eigenvalue weighted by Gasteiger charge is -2.09. The number of aromatic nitrogens is 1. The molecule has 0 saturated carbocycles. The molecule has 1 saturated heterocycles. The van der Waals surface area contributed by atoms with Gasteiger partial charge in [-0.25, -0.2) is 13.4 Å². The fourth-order valence-electron chi connectivity index (χ4n) is 2.49. The summed E-state index contributed by atoms with van der Waals surface area (Å²) < 4.78 is 23.6. The zero-order valence-electron chi connectivity index (χ0n) is 13.2. The zero-order valence-corrected chi connectivity index (χ0v) is 15.6. The number of carbonyl (C=O) groups excluding carboxylic acids is 1. The number of aryl methyl sites for hydroxylation is 1. The number of thiazole rings is 1. The van der Waals surface area contributed by atoms with Crippen molar-refractivity contribution in [2.24, 2.45) is 0 Å². The monoisotopic (exact) mass is 382 g/mol. The summed E-state index contributed by atoms with van der Waals surface area (Å²) in [5.41, 5.74) is 3.17. The van der Waals surface area contributed by atoms with E-state index in [2.05, 4.69) is 10.3 Å². The Balaban J connectivity index is 1.52. The number of carbonyl (C=O) groups is 1. The van der Waals surface area contributed by atoms with E-state index in [1.165, 1.54) is 28.7 Å². The molecule has 1 amide bonds. The number of benzene rings is 1. The summed E-state index contributed by atoms with van der Waals surface area (Å²) in [6, 6.07) is 7.91. The van der Waals surface area contributed by atoms with Crippen molar-refractivity contribution >= 4 is 38.8 Å². The highest BCUT2D eigenvalue weighted by Crippen LogP contribution is 2.28. The van der Waals surface area contributed by atoms with Crippen molar-refractivity contribution in [3.63, 3.8) is 0 Å². The minimum absolute atomic E-state index is 0.0538. The van der Waals surface area contributed by atoms with Crippen molar-refractivity contribution in [3.05, 3.63) is 35.2 Å². The van der Waals surface area contributed by atoms with Gasteiger partial charge in [0.25, 0.3) is 0 Å². The molecule has 0 spiro atoms. The van der Waals surface area contributed by atoms with Gasteiger partial charge in [-0.15, -0.1) is 11.3 Å². The van der Waals surface area contributed by atoms with Crippen LogP contribution >= 0.6 is 23.1 Å². The summed E-state index contributed by atoms with van der Waals surface area (Å²) in [5.74, 6) is 0.321. The standard InChI is InChI=1S/C16H18N2O3S3/c1-11-2-4-12(5-3-11)14-8-22-16(18-14)23-9-15(19)17-13-6-7-24(20,21)10-13/h2-5,8,13H,6-7,9-10H2,1H3,(H,17,19). The lowest BCUT2D eigenvalue weighted by molar-refractivity contribution is -0.119. The summed E-state index contributed by atoms with van der Waals surface area (Å²) in [7, 11) is -2.97. The maximum atomic E-state index is 11.9. The number of hydrogen-bond acceptors (Lipinski definition) is 6. The Labute approximate surface area is 149 Å². The summed E-state index contributed by atoms with van der Waals surface area (Å²) in [6.07, 6.45) is 0.508. The maximum absolute atomic E-state index is 11.9. The van der Waals surface area contributed by atoms with Crippen LogP contribution in [0, 0.1) is 6.92 Å². The van der Waals surface area contributed by atoms with Gasteiger partial charge in [0, 0.05) is 17.0 Å². The summed E-state index contributed by atoms with van der Waals surface area (Å²) >= 11 is 2.89. The smallest absolute Gasteiger partial charge is 0.230 e. The third-order valence-electron chi connectivity index (χ3n) is 3.75. The van der Waals surface area contributed by atoms with Crippen molar-refractivity contribution in [2.75, 3.05) is 17.3 Å². The molecule has 1 N–H and O–H groups in total. The van der Waals surface area contributed by atoms with Gasteiger partial charge in [0.2, 0.25) is 5.91 Å². The normalized spacial score (nSPS) is 19.3. The second-order valence-corrected chi connectivity index (χ2v) is 10.1. The Morgan fingerprint density at radius 3 is 2.79 bits per heavy atom. The second kappa shape index (κ2) is 7.25. The van der Waals surface area contributed by atoms with Gasteiger partial charge in [-0.2, -0.15) is 0 Å². The number of hydrogen-bond donors (Lipinski definition) is 1. The quantitative estimate of drug-likeness (QED) is 0.804. The van der Waals surface area contributed by atoms with Crippen LogP contribution in [0.1, 0.15) is 12.0 Å². The van der Waals surface area contributed by atoms with E-state index in [9.17, 15) is 13.2 Å².